The van der Waals surface area contributed by atoms with E-state index in [1.165, 1.54) is 17.4 Å². The number of nitrogens with one attached hydrogen (secondary N) is 1. The van der Waals surface area contributed by atoms with Gasteiger partial charge in [0.25, 0.3) is 0 Å². The molecular formula is C11H14BrF3N2O2S2. The lowest BCUT2D eigenvalue weighted by atomic mass is 10.5. The molecule has 1 aliphatic carbocycles. The lowest BCUT2D eigenvalue weighted by Crippen LogP contribution is -2.40. The average Bonchev–Trinajstić information content (AvgIpc) is 3.10. The molecule has 120 valence electrons. The number of rotatable bonds is 6. The standard InChI is InChI=1S/C11H14BrF3N2O2S2/c1-16-5-8-4-9(10(12)20-8)21(18,19)17(7-2-3-7)6-11(13,14)15/h4,7,16H,2-3,5-6H2,1H3. The normalized spacial score (nSPS) is 16.7. The summed E-state index contributed by atoms with van der Waals surface area (Å²) in [5, 5.41) is 2.88. The molecule has 1 aromatic heterocycles. The number of nitrogens with zero attached hydrogens (tertiary/aromatic N) is 1. The van der Waals surface area contributed by atoms with Crippen LogP contribution in [-0.4, -0.2) is 38.5 Å². The SMILES string of the molecule is CNCc1cc(S(=O)(=O)N(CC(F)(F)F)C2CC2)c(Br)s1. The molecule has 1 heterocycles. The molecule has 0 aliphatic heterocycles. The van der Waals surface area contributed by atoms with Crippen molar-refractivity contribution in [2.75, 3.05) is 13.6 Å². The second-order valence-electron chi connectivity index (χ2n) is 4.78. The Bertz CT molecular complexity index is 611. The van der Waals surface area contributed by atoms with Gasteiger partial charge in [-0.3, -0.25) is 0 Å². The van der Waals surface area contributed by atoms with Crippen molar-refractivity contribution < 1.29 is 21.6 Å². The van der Waals surface area contributed by atoms with Crippen LogP contribution in [0.4, 0.5) is 13.2 Å². The fraction of sp³-hybridized carbons (Fsp3) is 0.636. The summed E-state index contributed by atoms with van der Waals surface area (Å²) in [6.07, 6.45) is -3.60. The van der Waals surface area contributed by atoms with Gasteiger partial charge >= 0.3 is 6.18 Å². The van der Waals surface area contributed by atoms with Crippen molar-refractivity contribution in [1.29, 1.82) is 0 Å². The Labute approximate surface area is 133 Å². The molecule has 1 aliphatic rings. The fourth-order valence-corrected chi connectivity index (χ4v) is 6.23. The highest BCUT2D eigenvalue weighted by Crippen LogP contribution is 2.39. The van der Waals surface area contributed by atoms with Gasteiger partial charge in [-0.2, -0.15) is 17.5 Å². The second kappa shape index (κ2) is 6.15. The van der Waals surface area contributed by atoms with E-state index in [0.717, 1.165) is 4.88 Å². The summed E-state index contributed by atoms with van der Waals surface area (Å²) in [5.74, 6) is 0. The molecule has 0 bridgehead atoms. The average molecular weight is 407 g/mol. The first-order chi connectivity index (χ1) is 9.65. The van der Waals surface area contributed by atoms with Crippen molar-refractivity contribution in [3.63, 3.8) is 0 Å². The number of hydrogen-bond acceptors (Lipinski definition) is 4. The van der Waals surface area contributed by atoms with Crippen LogP contribution in [0, 0.1) is 0 Å². The van der Waals surface area contributed by atoms with E-state index in [0.29, 0.717) is 27.5 Å². The van der Waals surface area contributed by atoms with Crippen molar-refractivity contribution in [3.8, 4) is 0 Å². The van der Waals surface area contributed by atoms with Gasteiger partial charge in [0.15, 0.2) is 0 Å². The van der Waals surface area contributed by atoms with Crippen molar-refractivity contribution in [1.82, 2.24) is 9.62 Å². The van der Waals surface area contributed by atoms with Crippen LogP contribution in [0.2, 0.25) is 0 Å². The maximum atomic E-state index is 12.6. The summed E-state index contributed by atoms with van der Waals surface area (Å²) in [4.78, 5) is 0.652. The highest BCUT2D eigenvalue weighted by Gasteiger charge is 2.45. The lowest BCUT2D eigenvalue weighted by Gasteiger charge is -2.22. The third-order valence-corrected chi connectivity index (χ3v) is 7.08. The van der Waals surface area contributed by atoms with E-state index >= 15 is 0 Å². The van der Waals surface area contributed by atoms with E-state index < -0.39 is 28.8 Å². The molecule has 0 saturated heterocycles. The molecule has 21 heavy (non-hydrogen) atoms. The Morgan fingerprint density at radius 3 is 2.57 bits per heavy atom. The topological polar surface area (TPSA) is 49.4 Å². The van der Waals surface area contributed by atoms with E-state index in [1.807, 2.05) is 0 Å². The number of hydrogen-bond donors (Lipinski definition) is 1. The van der Waals surface area contributed by atoms with Gasteiger partial charge in [0.2, 0.25) is 10.0 Å². The molecule has 0 amide bonds. The summed E-state index contributed by atoms with van der Waals surface area (Å²) in [6.45, 7) is -0.981. The monoisotopic (exact) mass is 406 g/mol. The van der Waals surface area contributed by atoms with Crippen LogP contribution in [-0.2, 0) is 16.6 Å². The molecule has 0 spiro atoms. The molecule has 0 radical (unpaired) electrons. The first-order valence-corrected chi connectivity index (χ1v) is 9.21. The Morgan fingerprint density at radius 1 is 1.48 bits per heavy atom. The first kappa shape index (κ1) is 17.2. The van der Waals surface area contributed by atoms with Gasteiger partial charge in [0.05, 0.1) is 3.79 Å². The molecule has 0 unspecified atom stereocenters. The minimum atomic E-state index is -4.55. The lowest BCUT2D eigenvalue weighted by molar-refractivity contribution is -0.137. The quantitative estimate of drug-likeness (QED) is 0.789. The van der Waals surface area contributed by atoms with Crippen LogP contribution < -0.4 is 5.32 Å². The molecule has 1 N–H and O–H groups in total. The summed E-state index contributed by atoms with van der Waals surface area (Å²) in [5.41, 5.74) is 0. The molecule has 2 rings (SSSR count). The van der Waals surface area contributed by atoms with Crippen LogP contribution >= 0.6 is 27.3 Å². The van der Waals surface area contributed by atoms with Crippen molar-refractivity contribution >= 4 is 37.3 Å². The third-order valence-electron chi connectivity index (χ3n) is 2.93. The molecule has 0 aromatic carbocycles. The van der Waals surface area contributed by atoms with Crippen molar-refractivity contribution in [2.45, 2.75) is 36.5 Å². The van der Waals surface area contributed by atoms with Crippen molar-refractivity contribution in [3.05, 3.63) is 14.7 Å². The Hall–Kier alpha value is -0.160. The molecule has 1 aromatic rings. The smallest absolute Gasteiger partial charge is 0.315 e. The molecular weight excluding hydrogens is 393 g/mol. The van der Waals surface area contributed by atoms with Gasteiger partial charge in [0, 0.05) is 17.5 Å². The van der Waals surface area contributed by atoms with Crippen LogP contribution in [0.25, 0.3) is 0 Å². The summed E-state index contributed by atoms with van der Waals surface area (Å²) < 4.78 is 63.9. The summed E-state index contributed by atoms with van der Waals surface area (Å²) in [6, 6.07) is 0.878. The number of halogens is 4. The van der Waals surface area contributed by atoms with Gasteiger partial charge in [-0.05, 0) is 41.9 Å². The molecule has 10 heteroatoms. The largest absolute Gasteiger partial charge is 0.402 e. The predicted molar refractivity (Wildman–Crippen MR) is 77.8 cm³/mol. The van der Waals surface area contributed by atoms with Crippen molar-refractivity contribution in [2.24, 2.45) is 0 Å². The maximum Gasteiger partial charge on any atom is 0.402 e. The predicted octanol–water partition coefficient (Wildman–Crippen LogP) is 2.95. The van der Waals surface area contributed by atoms with Crippen LogP contribution in [0.3, 0.4) is 0 Å². The zero-order valence-corrected chi connectivity index (χ0v) is 14.3. The Balaban J connectivity index is 2.34. The minimum absolute atomic E-state index is 0.0890. The molecule has 4 nitrogen and oxygen atoms in total. The van der Waals surface area contributed by atoms with E-state index in [2.05, 4.69) is 21.2 Å². The van der Waals surface area contributed by atoms with E-state index in [-0.39, 0.29) is 4.90 Å². The van der Waals surface area contributed by atoms with Gasteiger partial charge in [0.1, 0.15) is 11.4 Å². The fourth-order valence-electron chi connectivity index (χ4n) is 1.91. The van der Waals surface area contributed by atoms with E-state index in [1.54, 1.807) is 7.05 Å². The Morgan fingerprint density at radius 2 is 2.10 bits per heavy atom. The highest BCUT2D eigenvalue weighted by atomic mass is 79.9. The zero-order valence-electron chi connectivity index (χ0n) is 11.1. The van der Waals surface area contributed by atoms with Crippen LogP contribution in [0.5, 0.6) is 0 Å². The second-order valence-corrected chi connectivity index (χ2v) is 9.09. The van der Waals surface area contributed by atoms with Gasteiger partial charge in [-0.15, -0.1) is 11.3 Å². The minimum Gasteiger partial charge on any atom is -0.315 e. The maximum absolute atomic E-state index is 12.6. The number of thiophene rings is 1. The first-order valence-electron chi connectivity index (χ1n) is 6.16. The van der Waals surface area contributed by atoms with E-state index in [4.69, 9.17) is 0 Å². The van der Waals surface area contributed by atoms with E-state index in [9.17, 15) is 21.6 Å². The summed E-state index contributed by atoms with van der Waals surface area (Å²) in [7, 11) is -2.44. The van der Waals surface area contributed by atoms with Gasteiger partial charge < -0.3 is 5.32 Å². The van der Waals surface area contributed by atoms with Crippen LogP contribution in [0.1, 0.15) is 17.7 Å². The van der Waals surface area contributed by atoms with Gasteiger partial charge in [-0.25, -0.2) is 8.42 Å². The Kier molecular flexibility index (Phi) is 5.04. The van der Waals surface area contributed by atoms with Gasteiger partial charge in [-0.1, -0.05) is 0 Å². The number of sulfonamides is 1. The molecule has 1 saturated carbocycles. The molecule has 1 fully saturated rings. The third kappa shape index (κ3) is 4.19. The van der Waals surface area contributed by atoms with Crippen LogP contribution in [0.15, 0.2) is 14.7 Å². The summed E-state index contributed by atoms with van der Waals surface area (Å²) >= 11 is 4.34. The number of alkyl halides is 3. The molecule has 0 atom stereocenters. The zero-order chi connectivity index (χ0) is 15.8. The highest BCUT2D eigenvalue weighted by molar-refractivity contribution is 9.11.